The number of benzene rings is 2. The molecule has 0 radical (unpaired) electrons. The molecule has 0 aliphatic carbocycles. The lowest BCUT2D eigenvalue weighted by Gasteiger charge is -2.15. The summed E-state index contributed by atoms with van der Waals surface area (Å²) in [5.74, 6) is 0.454. The molecule has 2 aromatic carbocycles. The third-order valence-corrected chi connectivity index (χ3v) is 3.89. The average Bonchev–Trinajstić information content (AvgIpc) is 2.38. The molecule has 18 heavy (non-hydrogen) atoms. The molecule has 0 aliphatic rings. The maximum Gasteiger partial charge on any atom is 0.125 e. The Balaban J connectivity index is 2.39. The minimum absolute atomic E-state index is 0.0645. The van der Waals surface area contributed by atoms with Crippen LogP contribution in [0.2, 0.25) is 5.02 Å². The second-order valence-corrected chi connectivity index (χ2v) is 5.15. The molecule has 0 bridgehead atoms. The molecule has 1 atom stereocenters. The van der Waals surface area contributed by atoms with Gasteiger partial charge in [-0.3, -0.25) is 0 Å². The Labute approximate surface area is 119 Å². The number of alkyl halides is 1. The summed E-state index contributed by atoms with van der Waals surface area (Å²) in [5.41, 5.74) is 1.91. The molecule has 0 aromatic heterocycles. The third-order valence-electron chi connectivity index (χ3n) is 2.63. The van der Waals surface area contributed by atoms with Crippen molar-refractivity contribution in [3.63, 3.8) is 0 Å². The van der Waals surface area contributed by atoms with Gasteiger partial charge in [-0.15, -0.1) is 0 Å². The standard InChI is InChI=1S/C14H11BrClFO/c1-18-13-8-10(16)4-7-12(13)14(15)9-2-5-11(17)6-3-9/h2-8,14H,1H3. The highest BCUT2D eigenvalue weighted by Crippen LogP contribution is 2.37. The Hall–Kier alpha value is -1.06. The lowest BCUT2D eigenvalue weighted by atomic mass is 10.0. The first-order valence-corrected chi connectivity index (χ1v) is 6.64. The summed E-state index contributed by atoms with van der Waals surface area (Å²) >= 11 is 9.51. The maximum atomic E-state index is 12.9. The second-order valence-electron chi connectivity index (χ2n) is 3.80. The zero-order valence-electron chi connectivity index (χ0n) is 9.66. The average molecular weight is 330 g/mol. The van der Waals surface area contributed by atoms with Crippen molar-refractivity contribution in [1.82, 2.24) is 0 Å². The van der Waals surface area contributed by atoms with Gasteiger partial charge in [-0.05, 0) is 29.8 Å². The molecule has 0 amide bonds. The van der Waals surface area contributed by atoms with Gasteiger partial charge in [-0.25, -0.2) is 4.39 Å². The van der Waals surface area contributed by atoms with Crippen LogP contribution in [0, 0.1) is 5.82 Å². The quantitative estimate of drug-likeness (QED) is 0.722. The summed E-state index contributed by atoms with van der Waals surface area (Å²) < 4.78 is 18.2. The van der Waals surface area contributed by atoms with Crippen LogP contribution in [0.25, 0.3) is 0 Å². The van der Waals surface area contributed by atoms with Gasteiger partial charge in [0.05, 0.1) is 11.9 Å². The van der Waals surface area contributed by atoms with Gasteiger partial charge in [-0.2, -0.15) is 0 Å². The lowest BCUT2D eigenvalue weighted by Crippen LogP contribution is -1.97. The van der Waals surface area contributed by atoms with E-state index in [2.05, 4.69) is 15.9 Å². The van der Waals surface area contributed by atoms with E-state index in [0.29, 0.717) is 10.8 Å². The molecule has 1 unspecified atom stereocenters. The molecule has 0 spiro atoms. The first kappa shape index (κ1) is 13.4. The molecule has 0 saturated heterocycles. The largest absolute Gasteiger partial charge is 0.496 e. The van der Waals surface area contributed by atoms with Crippen molar-refractivity contribution in [2.75, 3.05) is 7.11 Å². The smallest absolute Gasteiger partial charge is 0.125 e. The van der Waals surface area contributed by atoms with E-state index in [4.69, 9.17) is 16.3 Å². The van der Waals surface area contributed by atoms with E-state index in [9.17, 15) is 4.39 Å². The summed E-state index contributed by atoms with van der Waals surface area (Å²) in [6.45, 7) is 0. The highest BCUT2D eigenvalue weighted by atomic mass is 79.9. The topological polar surface area (TPSA) is 9.23 Å². The van der Waals surface area contributed by atoms with Crippen LogP contribution in [-0.2, 0) is 0 Å². The van der Waals surface area contributed by atoms with Crippen LogP contribution in [0.1, 0.15) is 16.0 Å². The van der Waals surface area contributed by atoms with Gasteiger partial charge in [0, 0.05) is 10.6 Å². The van der Waals surface area contributed by atoms with Crippen molar-refractivity contribution >= 4 is 27.5 Å². The number of ether oxygens (including phenoxy) is 1. The predicted octanol–water partition coefficient (Wildman–Crippen LogP) is 4.97. The molecule has 2 aromatic rings. The normalized spacial score (nSPS) is 12.2. The molecular weight excluding hydrogens is 319 g/mol. The molecule has 0 fully saturated rings. The van der Waals surface area contributed by atoms with Gasteiger partial charge in [0.1, 0.15) is 11.6 Å². The monoisotopic (exact) mass is 328 g/mol. The Morgan fingerprint density at radius 3 is 2.44 bits per heavy atom. The van der Waals surface area contributed by atoms with Crippen LogP contribution < -0.4 is 4.74 Å². The zero-order valence-corrected chi connectivity index (χ0v) is 12.0. The second kappa shape index (κ2) is 5.72. The minimum Gasteiger partial charge on any atom is -0.496 e. The minimum atomic E-state index is -0.249. The van der Waals surface area contributed by atoms with Crippen molar-refractivity contribution < 1.29 is 9.13 Å². The maximum absolute atomic E-state index is 12.9. The van der Waals surface area contributed by atoms with E-state index >= 15 is 0 Å². The van der Waals surface area contributed by atoms with Crippen LogP contribution in [0.5, 0.6) is 5.75 Å². The fraction of sp³-hybridized carbons (Fsp3) is 0.143. The summed E-state index contributed by atoms with van der Waals surface area (Å²) in [4.78, 5) is -0.0645. The molecule has 94 valence electrons. The van der Waals surface area contributed by atoms with E-state index in [1.165, 1.54) is 12.1 Å². The number of halogens is 3. The van der Waals surface area contributed by atoms with Crippen LogP contribution in [0.3, 0.4) is 0 Å². The summed E-state index contributed by atoms with van der Waals surface area (Å²) in [5, 5.41) is 0.620. The Morgan fingerprint density at radius 2 is 1.83 bits per heavy atom. The highest BCUT2D eigenvalue weighted by Gasteiger charge is 2.15. The number of methoxy groups -OCH3 is 1. The van der Waals surface area contributed by atoms with E-state index in [0.717, 1.165) is 11.1 Å². The lowest BCUT2D eigenvalue weighted by molar-refractivity contribution is 0.410. The highest BCUT2D eigenvalue weighted by molar-refractivity contribution is 9.09. The molecule has 0 saturated carbocycles. The zero-order chi connectivity index (χ0) is 13.1. The molecule has 1 nitrogen and oxygen atoms in total. The van der Waals surface area contributed by atoms with Crippen molar-refractivity contribution in [1.29, 1.82) is 0 Å². The Bertz CT molecular complexity index is 542. The molecule has 0 N–H and O–H groups in total. The fourth-order valence-corrected chi connectivity index (χ4v) is 2.55. The molecule has 2 rings (SSSR count). The molecule has 4 heteroatoms. The number of hydrogen-bond acceptors (Lipinski definition) is 1. The van der Waals surface area contributed by atoms with Crippen molar-refractivity contribution in [3.05, 3.63) is 64.4 Å². The fourth-order valence-electron chi connectivity index (χ4n) is 1.71. The van der Waals surface area contributed by atoms with Gasteiger partial charge < -0.3 is 4.74 Å². The van der Waals surface area contributed by atoms with Crippen LogP contribution in [0.4, 0.5) is 4.39 Å². The van der Waals surface area contributed by atoms with E-state index in [-0.39, 0.29) is 10.6 Å². The van der Waals surface area contributed by atoms with Crippen LogP contribution in [-0.4, -0.2) is 7.11 Å². The van der Waals surface area contributed by atoms with E-state index in [1.54, 1.807) is 31.4 Å². The van der Waals surface area contributed by atoms with Crippen molar-refractivity contribution in [3.8, 4) is 5.75 Å². The SMILES string of the molecule is COc1cc(Cl)ccc1C(Br)c1ccc(F)cc1. The summed E-state index contributed by atoms with van der Waals surface area (Å²) in [6.07, 6.45) is 0. The van der Waals surface area contributed by atoms with Gasteiger partial charge in [0.2, 0.25) is 0 Å². The first-order valence-electron chi connectivity index (χ1n) is 5.35. The van der Waals surface area contributed by atoms with Gasteiger partial charge in [0.15, 0.2) is 0 Å². The van der Waals surface area contributed by atoms with Crippen LogP contribution >= 0.6 is 27.5 Å². The Morgan fingerprint density at radius 1 is 1.17 bits per heavy atom. The van der Waals surface area contributed by atoms with Gasteiger partial charge in [0.25, 0.3) is 0 Å². The van der Waals surface area contributed by atoms with Crippen LogP contribution in [0.15, 0.2) is 42.5 Å². The molecular formula is C14H11BrClFO. The van der Waals surface area contributed by atoms with Gasteiger partial charge >= 0.3 is 0 Å². The van der Waals surface area contributed by atoms with Crippen molar-refractivity contribution in [2.45, 2.75) is 4.83 Å². The van der Waals surface area contributed by atoms with E-state index in [1.807, 2.05) is 6.07 Å². The number of rotatable bonds is 3. The van der Waals surface area contributed by atoms with E-state index < -0.39 is 0 Å². The van der Waals surface area contributed by atoms with Gasteiger partial charge in [-0.1, -0.05) is 45.7 Å². The number of hydrogen-bond donors (Lipinski definition) is 0. The summed E-state index contributed by atoms with van der Waals surface area (Å²) in [7, 11) is 1.60. The van der Waals surface area contributed by atoms with Crippen molar-refractivity contribution in [2.24, 2.45) is 0 Å². The summed E-state index contributed by atoms with van der Waals surface area (Å²) in [6, 6.07) is 11.8. The first-order chi connectivity index (χ1) is 8.61. The Kier molecular flexibility index (Phi) is 4.25. The molecule has 0 aliphatic heterocycles. The third kappa shape index (κ3) is 2.85. The predicted molar refractivity (Wildman–Crippen MR) is 75.2 cm³/mol. The molecule has 0 heterocycles.